The van der Waals surface area contributed by atoms with Crippen LogP contribution in [0.15, 0.2) is 18.5 Å². The van der Waals surface area contributed by atoms with Gasteiger partial charge in [-0.2, -0.15) is 0 Å². The van der Waals surface area contributed by atoms with E-state index in [0.717, 1.165) is 6.54 Å². The molecule has 14 heavy (non-hydrogen) atoms. The first-order valence-electron chi connectivity index (χ1n) is 5.50. The first-order valence-corrected chi connectivity index (χ1v) is 5.50. The fraction of sp³-hybridized carbons (Fsp3) is 0.667. The molecule has 1 N–H and O–H groups in total. The van der Waals surface area contributed by atoms with Crippen molar-refractivity contribution in [2.75, 3.05) is 6.54 Å². The third-order valence-electron chi connectivity index (χ3n) is 2.49. The van der Waals surface area contributed by atoms with Gasteiger partial charge < -0.3 is 9.88 Å². The molecule has 0 aliphatic rings. The Balaban J connectivity index is 2.67. The summed E-state index contributed by atoms with van der Waals surface area (Å²) in [4.78, 5) is 0. The van der Waals surface area contributed by atoms with Gasteiger partial charge in [-0.1, -0.05) is 20.8 Å². The second-order valence-corrected chi connectivity index (χ2v) is 4.29. The van der Waals surface area contributed by atoms with E-state index in [-0.39, 0.29) is 0 Å². The highest BCUT2D eigenvalue weighted by atomic mass is 14.9. The van der Waals surface area contributed by atoms with Gasteiger partial charge in [0, 0.05) is 25.5 Å². The van der Waals surface area contributed by atoms with Crippen LogP contribution in [0.25, 0.3) is 0 Å². The second kappa shape index (κ2) is 5.20. The lowest BCUT2D eigenvalue weighted by Crippen LogP contribution is -2.26. The monoisotopic (exact) mass is 194 g/mol. The number of aryl methyl sites for hydroxylation is 1. The van der Waals surface area contributed by atoms with Gasteiger partial charge in [-0.25, -0.2) is 0 Å². The van der Waals surface area contributed by atoms with Crippen LogP contribution < -0.4 is 5.32 Å². The number of hydrogen-bond donors (Lipinski definition) is 1. The topological polar surface area (TPSA) is 17.0 Å². The predicted octanol–water partition coefficient (Wildman–Crippen LogP) is 2.72. The summed E-state index contributed by atoms with van der Waals surface area (Å²) in [5.41, 5.74) is 1.40. The van der Waals surface area contributed by atoms with Crippen molar-refractivity contribution in [3.8, 4) is 0 Å². The van der Waals surface area contributed by atoms with Crippen LogP contribution in [0.1, 0.15) is 38.8 Å². The molecular weight excluding hydrogens is 172 g/mol. The highest BCUT2D eigenvalue weighted by Crippen LogP contribution is 2.21. The van der Waals surface area contributed by atoms with Gasteiger partial charge in [-0.3, -0.25) is 0 Å². The summed E-state index contributed by atoms with van der Waals surface area (Å²) in [6.07, 6.45) is 5.50. The van der Waals surface area contributed by atoms with E-state index in [9.17, 15) is 0 Å². The van der Waals surface area contributed by atoms with Crippen molar-refractivity contribution in [1.29, 1.82) is 0 Å². The molecule has 0 saturated heterocycles. The molecule has 1 aromatic heterocycles. The maximum Gasteiger partial charge on any atom is 0.0358 e. The highest BCUT2D eigenvalue weighted by molar-refractivity contribution is 5.15. The molecule has 80 valence electrons. The van der Waals surface area contributed by atoms with Crippen LogP contribution in [0.3, 0.4) is 0 Å². The van der Waals surface area contributed by atoms with E-state index in [1.807, 2.05) is 0 Å². The van der Waals surface area contributed by atoms with E-state index in [1.165, 1.54) is 12.0 Å². The van der Waals surface area contributed by atoms with Crippen LogP contribution >= 0.6 is 0 Å². The Labute approximate surface area is 87.3 Å². The van der Waals surface area contributed by atoms with Crippen molar-refractivity contribution in [1.82, 2.24) is 9.88 Å². The molecule has 0 aromatic carbocycles. The van der Waals surface area contributed by atoms with E-state index in [4.69, 9.17) is 0 Å². The van der Waals surface area contributed by atoms with Crippen molar-refractivity contribution in [2.24, 2.45) is 13.0 Å². The molecule has 1 unspecified atom stereocenters. The van der Waals surface area contributed by atoms with Crippen molar-refractivity contribution in [2.45, 2.75) is 33.2 Å². The summed E-state index contributed by atoms with van der Waals surface area (Å²) in [6.45, 7) is 7.83. The minimum atomic E-state index is 0.496. The van der Waals surface area contributed by atoms with Crippen LogP contribution in [0, 0.1) is 5.92 Å². The summed E-state index contributed by atoms with van der Waals surface area (Å²) < 4.78 is 2.11. The Morgan fingerprint density at radius 2 is 2.14 bits per heavy atom. The van der Waals surface area contributed by atoms with E-state index in [0.29, 0.717) is 12.0 Å². The Kier molecular flexibility index (Phi) is 4.21. The minimum absolute atomic E-state index is 0.496. The molecule has 1 atom stereocenters. The number of aromatic nitrogens is 1. The molecule has 0 bridgehead atoms. The lowest BCUT2D eigenvalue weighted by atomic mass is 9.98. The SMILES string of the molecule is CCCNC(c1ccn(C)c1)C(C)C. The maximum atomic E-state index is 3.59. The van der Waals surface area contributed by atoms with E-state index in [1.54, 1.807) is 0 Å². The van der Waals surface area contributed by atoms with Gasteiger partial charge in [0.05, 0.1) is 0 Å². The zero-order valence-electron chi connectivity index (χ0n) is 9.75. The molecule has 2 nitrogen and oxygen atoms in total. The zero-order valence-corrected chi connectivity index (χ0v) is 9.75. The number of hydrogen-bond acceptors (Lipinski definition) is 1. The first-order chi connectivity index (χ1) is 6.65. The van der Waals surface area contributed by atoms with Crippen molar-refractivity contribution >= 4 is 0 Å². The first kappa shape index (κ1) is 11.3. The third kappa shape index (κ3) is 2.88. The van der Waals surface area contributed by atoms with Crippen molar-refractivity contribution in [3.05, 3.63) is 24.0 Å². The summed E-state index contributed by atoms with van der Waals surface area (Å²) >= 11 is 0. The molecule has 2 heteroatoms. The van der Waals surface area contributed by atoms with Gasteiger partial charge in [0.1, 0.15) is 0 Å². The van der Waals surface area contributed by atoms with Gasteiger partial charge in [-0.15, -0.1) is 0 Å². The van der Waals surface area contributed by atoms with E-state index >= 15 is 0 Å². The van der Waals surface area contributed by atoms with Gasteiger partial charge in [0.2, 0.25) is 0 Å². The number of nitrogens with one attached hydrogen (secondary N) is 1. The average Bonchev–Trinajstić information content (AvgIpc) is 2.52. The molecule has 1 aromatic rings. The molecule has 0 fully saturated rings. The van der Waals surface area contributed by atoms with Crippen molar-refractivity contribution in [3.63, 3.8) is 0 Å². The van der Waals surface area contributed by atoms with Crippen LogP contribution in [-0.4, -0.2) is 11.1 Å². The summed E-state index contributed by atoms with van der Waals surface area (Å²) in [5.74, 6) is 0.643. The van der Waals surface area contributed by atoms with Gasteiger partial charge in [-0.05, 0) is 30.5 Å². The standard InChI is InChI=1S/C12H22N2/c1-5-7-13-12(10(2)3)11-6-8-14(4)9-11/h6,8-10,12-13H,5,7H2,1-4H3. The Morgan fingerprint density at radius 1 is 1.43 bits per heavy atom. The summed E-state index contributed by atoms with van der Waals surface area (Å²) in [5, 5.41) is 3.59. The van der Waals surface area contributed by atoms with Gasteiger partial charge in [0.25, 0.3) is 0 Å². The molecular formula is C12H22N2. The quantitative estimate of drug-likeness (QED) is 0.762. The third-order valence-corrected chi connectivity index (χ3v) is 2.49. The molecule has 0 saturated carbocycles. The highest BCUT2D eigenvalue weighted by Gasteiger charge is 2.14. The van der Waals surface area contributed by atoms with Crippen LogP contribution in [-0.2, 0) is 7.05 Å². The molecule has 1 rings (SSSR count). The Bertz CT molecular complexity index is 263. The lowest BCUT2D eigenvalue weighted by Gasteiger charge is -2.21. The molecule has 0 radical (unpaired) electrons. The predicted molar refractivity (Wildman–Crippen MR) is 61.3 cm³/mol. The molecule has 0 spiro atoms. The molecule has 1 heterocycles. The largest absolute Gasteiger partial charge is 0.357 e. The zero-order chi connectivity index (χ0) is 10.6. The fourth-order valence-corrected chi connectivity index (χ4v) is 1.75. The average molecular weight is 194 g/mol. The van der Waals surface area contributed by atoms with Gasteiger partial charge >= 0.3 is 0 Å². The van der Waals surface area contributed by atoms with Crippen LogP contribution in [0.4, 0.5) is 0 Å². The summed E-state index contributed by atoms with van der Waals surface area (Å²) in [7, 11) is 2.07. The number of nitrogens with zero attached hydrogens (tertiary/aromatic N) is 1. The molecule has 0 amide bonds. The summed E-state index contributed by atoms with van der Waals surface area (Å²) in [6, 6.07) is 2.70. The Hall–Kier alpha value is -0.760. The minimum Gasteiger partial charge on any atom is -0.357 e. The normalized spacial score (nSPS) is 13.5. The maximum absolute atomic E-state index is 3.59. The molecule has 0 aliphatic carbocycles. The van der Waals surface area contributed by atoms with Crippen molar-refractivity contribution < 1.29 is 0 Å². The van der Waals surface area contributed by atoms with E-state index in [2.05, 4.69) is 56.2 Å². The fourth-order valence-electron chi connectivity index (χ4n) is 1.75. The lowest BCUT2D eigenvalue weighted by molar-refractivity contribution is 0.412. The Morgan fingerprint density at radius 3 is 2.57 bits per heavy atom. The smallest absolute Gasteiger partial charge is 0.0358 e. The second-order valence-electron chi connectivity index (χ2n) is 4.29. The van der Waals surface area contributed by atoms with Crippen LogP contribution in [0.2, 0.25) is 0 Å². The van der Waals surface area contributed by atoms with Crippen LogP contribution in [0.5, 0.6) is 0 Å². The molecule has 0 aliphatic heterocycles. The van der Waals surface area contributed by atoms with E-state index < -0.39 is 0 Å². The number of rotatable bonds is 5. The van der Waals surface area contributed by atoms with Gasteiger partial charge in [0.15, 0.2) is 0 Å².